The molecule has 2 aromatic heterocycles. The van der Waals surface area contributed by atoms with Crippen LogP contribution in [0.15, 0.2) is 30.6 Å². The van der Waals surface area contributed by atoms with E-state index in [1.807, 2.05) is 0 Å². The van der Waals surface area contributed by atoms with Crippen molar-refractivity contribution in [3.8, 4) is 0 Å². The van der Waals surface area contributed by atoms with Gasteiger partial charge in [0.25, 0.3) is 11.6 Å². The molecule has 1 amide bonds. The van der Waals surface area contributed by atoms with E-state index in [2.05, 4.69) is 20.5 Å². The lowest BCUT2D eigenvalue weighted by molar-refractivity contribution is -0.384. The van der Waals surface area contributed by atoms with Gasteiger partial charge in [0.2, 0.25) is 0 Å². The second-order valence-electron chi connectivity index (χ2n) is 4.20. The zero-order valence-corrected chi connectivity index (χ0v) is 11.4. The topological polar surface area (TPSA) is 114 Å². The van der Waals surface area contributed by atoms with Crippen LogP contribution in [-0.2, 0) is 6.54 Å². The normalized spacial score (nSPS) is 10.7. The van der Waals surface area contributed by atoms with Gasteiger partial charge >= 0.3 is 0 Å². The zero-order chi connectivity index (χ0) is 14.8. The van der Waals surface area contributed by atoms with Crippen molar-refractivity contribution in [2.75, 3.05) is 0 Å². The number of hydrogen-bond donors (Lipinski definition) is 2. The fourth-order valence-electron chi connectivity index (χ4n) is 1.82. The molecule has 21 heavy (non-hydrogen) atoms. The number of aromatic nitrogens is 3. The summed E-state index contributed by atoms with van der Waals surface area (Å²) in [7, 11) is 0. The summed E-state index contributed by atoms with van der Waals surface area (Å²) in [6, 6.07) is 6.17. The molecule has 0 aliphatic carbocycles. The number of thiophene rings is 1. The number of nitrogens with one attached hydrogen (secondary N) is 2. The number of carbonyl (C=O) groups is 1. The minimum Gasteiger partial charge on any atom is -0.344 e. The molecule has 0 saturated carbocycles. The van der Waals surface area contributed by atoms with Crippen LogP contribution in [0.5, 0.6) is 0 Å². The van der Waals surface area contributed by atoms with Crippen LogP contribution < -0.4 is 5.32 Å². The Kier molecular flexibility index (Phi) is 3.32. The average Bonchev–Trinajstić information content (AvgIpc) is 3.12. The van der Waals surface area contributed by atoms with Crippen molar-refractivity contribution in [3.05, 3.63) is 51.4 Å². The third-order valence-corrected chi connectivity index (χ3v) is 3.93. The first-order chi connectivity index (χ1) is 10.1. The van der Waals surface area contributed by atoms with Gasteiger partial charge in [0.15, 0.2) is 0 Å². The summed E-state index contributed by atoms with van der Waals surface area (Å²) in [5.41, 5.74) is 0.00826. The van der Waals surface area contributed by atoms with Crippen molar-refractivity contribution in [2.24, 2.45) is 0 Å². The van der Waals surface area contributed by atoms with Gasteiger partial charge in [-0.05, 0) is 12.1 Å². The Morgan fingerprint density at radius 2 is 2.29 bits per heavy atom. The van der Waals surface area contributed by atoms with Crippen LogP contribution >= 0.6 is 11.3 Å². The summed E-state index contributed by atoms with van der Waals surface area (Å²) in [5.74, 6) is 0.301. The number of carbonyl (C=O) groups excluding carboxylic acids is 1. The van der Waals surface area contributed by atoms with Crippen LogP contribution in [0.4, 0.5) is 5.69 Å². The monoisotopic (exact) mass is 303 g/mol. The van der Waals surface area contributed by atoms with Crippen LogP contribution in [-0.4, -0.2) is 26.0 Å². The van der Waals surface area contributed by atoms with Crippen LogP contribution in [0.2, 0.25) is 0 Å². The number of nitro benzene ring substituents is 1. The highest BCUT2D eigenvalue weighted by molar-refractivity contribution is 7.20. The molecule has 0 aliphatic heterocycles. The molecular formula is C12H9N5O3S. The van der Waals surface area contributed by atoms with Gasteiger partial charge in [-0.2, -0.15) is 5.10 Å². The predicted octanol–water partition coefficient (Wildman–Crippen LogP) is 1.86. The van der Waals surface area contributed by atoms with Crippen LogP contribution in [0.25, 0.3) is 10.1 Å². The van der Waals surface area contributed by atoms with Crippen LogP contribution in [0.1, 0.15) is 15.5 Å². The number of hydrogen-bond acceptors (Lipinski definition) is 6. The molecule has 3 aromatic rings. The number of nitrogens with zero attached hydrogens (tertiary/aromatic N) is 3. The number of benzene rings is 1. The van der Waals surface area contributed by atoms with Crippen molar-refractivity contribution < 1.29 is 9.72 Å². The summed E-state index contributed by atoms with van der Waals surface area (Å²) in [4.78, 5) is 26.7. The highest BCUT2D eigenvalue weighted by Crippen LogP contribution is 2.28. The number of aromatic amines is 1. The molecule has 0 atom stereocenters. The fourth-order valence-corrected chi connectivity index (χ4v) is 2.78. The van der Waals surface area contributed by atoms with E-state index in [0.29, 0.717) is 16.1 Å². The van der Waals surface area contributed by atoms with Gasteiger partial charge in [-0.15, -0.1) is 11.3 Å². The van der Waals surface area contributed by atoms with Gasteiger partial charge in [-0.25, -0.2) is 4.98 Å². The molecule has 3 rings (SSSR count). The molecule has 0 saturated heterocycles. The molecule has 0 fully saturated rings. The Bertz CT molecular complexity index is 812. The van der Waals surface area contributed by atoms with E-state index in [1.165, 1.54) is 29.8 Å². The summed E-state index contributed by atoms with van der Waals surface area (Å²) >= 11 is 1.28. The largest absolute Gasteiger partial charge is 0.344 e. The van der Waals surface area contributed by atoms with Crippen LogP contribution in [0.3, 0.4) is 0 Å². The fraction of sp³-hybridized carbons (Fsp3) is 0.0833. The van der Waals surface area contributed by atoms with Crippen molar-refractivity contribution in [1.82, 2.24) is 20.5 Å². The second-order valence-corrected chi connectivity index (χ2v) is 5.29. The summed E-state index contributed by atoms with van der Waals surface area (Å²) in [5, 5.41) is 20.4. The first kappa shape index (κ1) is 13.2. The zero-order valence-electron chi connectivity index (χ0n) is 10.6. The van der Waals surface area contributed by atoms with Gasteiger partial charge in [0.1, 0.15) is 12.2 Å². The van der Waals surface area contributed by atoms with Gasteiger partial charge in [0, 0.05) is 22.2 Å². The Labute approximate surface area is 122 Å². The summed E-state index contributed by atoms with van der Waals surface area (Å²) < 4.78 is 0.824. The first-order valence-electron chi connectivity index (χ1n) is 5.94. The van der Waals surface area contributed by atoms with Crippen molar-refractivity contribution in [3.63, 3.8) is 0 Å². The van der Waals surface area contributed by atoms with Crippen LogP contribution in [0, 0.1) is 10.1 Å². The first-order valence-corrected chi connectivity index (χ1v) is 6.75. The number of amides is 1. The lowest BCUT2D eigenvalue weighted by Gasteiger charge is -1.99. The Morgan fingerprint density at radius 1 is 1.43 bits per heavy atom. The molecule has 8 nitrogen and oxygen atoms in total. The maximum Gasteiger partial charge on any atom is 0.270 e. The lowest BCUT2D eigenvalue weighted by atomic mass is 10.2. The number of nitro groups is 1. The van der Waals surface area contributed by atoms with Gasteiger partial charge in [-0.1, -0.05) is 0 Å². The van der Waals surface area contributed by atoms with E-state index in [4.69, 9.17) is 0 Å². The van der Waals surface area contributed by atoms with E-state index < -0.39 is 4.92 Å². The van der Waals surface area contributed by atoms with Crippen molar-refractivity contribution >= 4 is 33.0 Å². The Balaban J connectivity index is 1.80. The summed E-state index contributed by atoms with van der Waals surface area (Å²) in [6.45, 7) is 0.243. The van der Waals surface area contributed by atoms with Gasteiger partial charge < -0.3 is 5.32 Å². The minimum absolute atomic E-state index is 0.00826. The molecule has 1 aromatic carbocycles. The molecular weight excluding hydrogens is 294 g/mol. The third kappa shape index (κ3) is 2.72. The molecule has 0 bridgehead atoms. The number of rotatable bonds is 4. The third-order valence-electron chi connectivity index (χ3n) is 2.82. The quantitative estimate of drug-likeness (QED) is 0.564. The van der Waals surface area contributed by atoms with Gasteiger partial charge in [0.05, 0.1) is 16.3 Å². The highest BCUT2D eigenvalue weighted by atomic mass is 32.1. The van der Waals surface area contributed by atoms with E-state index in [0.717, 1.165) is 4.70 Å². The SMILES string of the molecule is O=C(NCc1ncn[nH]1)c1cc2cc([N+](=O)[O-])ccc2s1. The van der Waals surface area contributed by atoms with Gasteiger partial charge in [-0.3, -0.25) is 20.0 Å². The predicted molar refractivity (Wildman–Crippen MR) is 76.0 cm³/mol. The molecule has 0 spiro atoms. The second kappa shape index (κ2) is 5.29. The number of non-ortho nitro benzene ring substituents is 1. The standard InChI is InChI=1S/C12H9N5O3S/c18-12(13-5-11-14-6-15-16-11)10-4-7-3-8(17(19)20)1-2-9(7)21-10/h1-4,6H,5H2,(H,13,18)(H,14,15,16). The van der Waals surface area contributed by atoms with E-state index in [9.17, 15) is 14.9 Å². The Morgan fingerprint density at radius 3 is 3.00 bits per heavy atom. The number of H-pyrrole nitrogens is 1. The highest BCUT2D eigenvalue weighted by Gasteiger charge is 2.13. The molecule has 2 N–H and O–H groups in total. The van der Waals surface area contributed by atoms with E-state index >= 15 is 0 Å². The molecule has 0 aliphatic rings. The molecule has 9 heteroatoms. The molecule has 2 heterocycles. The smallest absolute Gasteiger partial charge is 0.270 e. The van der Waals surface area contributed by atoms with E-state index in [-0.39, 0.29) is 18.1 Å². The Hall–Kier alpha value is -2.81. The average molecular weight is 303 g/mol. The summed E-state index contributed by atoms with van der Waals surface area (Å²) in [6.07, 6.45) is 1.36. The lowest BCUT2D eigenvalue weighted by Crippen LogP contribution is -2.22. The molecule has 106 valence electrons. The van der Waals surface area contributed by atoms with Crippen molar-refractivity contribution in [2.45, 2.75) is 6.54 Å². The molecule has 0 unspecified atom stereocenters. The van der Waals surface area contributed by atoms with Crippen molar-refractivity contribution in [1.29, 1.82) is 0 Å². The number of fused-ring (bicyclic) bond motifs is 1. The maximum atomic E-state index is 12.0. The molecule has 0 radical (unpaired) electrons. The van der Waals surface area contributed by atoms with E-state index in [1.54, 1.807) is 12.1 Å². The minimum atomic E-state index is -0.458. The maximum absolute atomic E-state index is 12.0.